The molecule has 1 aromatic heterocycles. The van der Waals surface area contributed by atoms with Gasteiger partial charge >= 0.3 is 12.1 Å². The molecule has 0 saturated carbocycles. The van der Waals surface area contributed by atoms with Crippen molar-refractivity contribution in [3.63, 3.8) is 0 Å². The van der Waals surface area contributed by atoms with Gasteiger partial charge in [-0.1, -0.05) is 88.7 Å². The van der Waals surface area contributed by atoms with Crippen LogP contribution in [0.4, 0.5) is 13.2 Å². The number of H-pyrrole nitrogens is 1. The normalized spacial score (nSPS) is 13.7. The van der Waals surface area contributed by atoms with Crippen molar-refractivity contribution >= 4 is 43.6 Å². The summed E-state index contributed by atoms with van der Waals surface area (Å²) in [7, 11) is 1.88. The molecule has 0 aliphatic heterocycles. The summed E-state index contributed by atoms with van der Waals surface area (Å²) < 4.78 is 32.7. The lowest BCUT2D eigenvalue weighted by Gasteiger charge is -2.38. The van der Waals surface area contributed by atoms with Gasteiger partial charge in [0, 0.05) is 21.5 Å². The van der Waals surface area contributed by atoms with Crippen molar-refractivity contribution in [1.29, 1.82) is 0 Å². The molecule has 0 radical (unpaired) electrons. The molecule has 0 saturated heterocycles. The molecular formula is C32H28BrF3N2O4. The lowest BCUT2D eigenvalue weighted by molar-refractivity contribution is -0.192. The molecule has 2 atom stereocenters. The van der Waals surface area contributed by atoms with E-state index in [4.69, 9.17) is 9.90 Å². The van der Waals surface area contributed by atoms with Crippen molar-refractivity contribution in [1.82, 2.24) is 10.3 Å². The van der Waals surface area contributed by atoms with Gasteiger partial charge in [0.1, 0.15) is 5.60 Å². The number of alkyl halides is 3. The molecule has 5 rings (SSSR count). The smallest absolute Gasteiger partial charge is 0.475 e. The van der Waals surface area contributed by atoms with Crippen molar-refractivity contribution in [2.24, 2.45) is 0 Å². The van der Waals surface area contributed by atoms with Crippen molar-refractivity contribution in [2.75, 3.05) is 13.6 Å². The van der Waals surface area contributed by atoms with E-state index >= 15 is 0 Å². The number of carboxylic acid groups (broad SMARTS) is 1. The Morgan fingerprint density at radius 3 is 2.24 bits per heavy atom. The van der Waals surface area contributed by atoms with E-state index in [1.165, 1.54) is 0 Å². The van der Waals surface area contributed by atoms with Gasteiger partial charge in [0.05, 0.1) is 0 Å². The molecule has 42 heavy (non-hydrogen) atoms. The van der Waals surface area contributed by atoms with Crippen LogP contribution in [0.25, 0.3) is 21.7 Å². The fraction of sp³-hybridized carbons (Fsp3) is 0.188. The number of hydrogen-bond donors (Lipinski definition) is 4. The number of hydrogen-bond acceptors (Lipinski definition) is 4. The Hall–Kier alpha value is -3.99. The van der Waals surface area contributed by atoms with E-state index in [0.717, 1.165) is 37.3 Å². The van der Waals surface area contributed by atoms with Crippen LogP contribution in [0.5, 0.6) is 0 Å². The van der Waals surface area contributed by atoms with Crippen molar-refractivity contribution < 1.29 is 28.2 Å². The second kappa shape index (κ2) is 12.9. The molecule has 4 aromatic carbocycles. The fourth-order valence-corrected chi connectivity index (χ4v) is 5.50. The quantitative estimate of drug-likeness (QED) is 0.158. The lowest BCUT2D eigenvalue weighted by atomic mass is 9.71. The predicted molar refractivity (Wildman–Crippen MR) is 161 cm³/mol. The summed E-state index contributed by atoms with van der Waals surface area (Å²) in [6.07, 6.45) is -4.66. The minimum atomic E-state index is -5.08. The molecule has 5 aromatic rings. The van der Waals surface area contributed by atoms with Gasteiger partial charge in [-0.3, -0.25) is 4.79 Å². The van der Waals surface area contributed by atoms with E-state index in [-0.39, 0.29) is 5.56 Å². The van der Waals surface area contributed by atoms with Crippen LogP contribution >= 0.6 is 15.9 Å². The van der Waals surface area contributed by atoms with Gasteiger partial charge in [-0.15, -0.1) is 0 Å². The zero-order valence-electron chi connectivity index (χ0n) is 22.5. The Labute approximate surface area is 248 Å². The molecule has 0 spiro atoms. The van der Waals surface area contributed by atoms with Gasteiger partial charge in [-0.25, -0.2) is 4.79 Å². The Morgan fingerprint density at radius 2 is 1.57 bits per heavy atom. The number of fused-ring (bicyclic) bond motifs is 2. The van der Waals surface area contributed by atoms with Crippen LogP contribution in [0.1, 0.15) is 29.0 Å². The highest BCUT2D eigenvalue weighted by Crippen LogP contribution is 2.45. The number of carbonyl (C=O) groups is 1. The average Bonchev–Trinajstić information content (AvgIpc) is 2.97. The summed E-state index contributed by atoms with van der Waals surface area (Å²) in [6.45, 7) is 0.583. The van der Waals surface area contributed by atoms with Crippen molar-refractivity contribution in [3.8, 4) is 0 Å². The third-order valence-electron chi connectivity index (χ3n) is 7.01. The van der Waals surface area contributed by atoms with E-state index < -0.39 is 23.7 Å². The van der Waals surface area contributed by atoms with Crippen LogP contribution in [0.15, 0.2) is 106 Å². The molecule has 0 bridgehead atoms. The molecule has 0 amide bonds. The van der Waals surface area contributed by atoms with Gasteiger partial charge in [-0.2, -0.15) is 13.2 Å². The standard InChI is InChI=1S/C30H27BrN2O2.C2HF3O2/c1-32-17-16-30(35,26-13-7-11-20-8-5-6-12-24(20)26)28(21-9-3-2-4-10-21)25-19-22-18-23(31)14-15-27(22)33-29(25)34;3-2(4,5)1(6)7/h2-15,18-19,28,32,35H,16-17H2,1H3,(H,33,34);(H,6,7)/t28-,30-;/m1./s1. The van der Waals surface area contributed by atoms with E-state index in [0.29, 0.717) is 18.5 Å². The first kappa shape index (κ1) is 31.0. The van der Waals surface area contributed by atoms with Crippen molar-refractivity contribution in [2.45, 2.75) is 24.1 Å². The second-order valence-corrected chi connectivity index (χ2v) is 10.7. The largest absolute Gasteiger partial charge is 0.490 e. The summed E-state index contributed by atoms with van der Waals surface area (Å²) >= 11 is 3.55. The highest BCUT2D eigenvalue weighted by molar-refractivity contribution is 9.10. The maximum Gasteiger partial charge on any atom is 0.490 e. The Morgan fingerprint density at radius 1 is 0.929 bits per heavy atom. The van der Waals surface area contributed by atoms with Gasteiger partial charge in [0.15, 0.2) is 0 Å². The average molecular weight is 641 g/mol. The molecule has 0 aliphatic rings. The maximum absolute atomic E-state index is 13.6. The number of aliphatic carboxylic acids is 1. The van der Waals surface area contributed by atoms with E-state index in [1.807, 2.05) is 92.0 Å². The van der Waals surface area contributed by atoms with Crippen LogP contribution in [-0.2, 0) is 10.4 Å². The highest BCUT2D eigenvalue weighted by atomic mass is 79.9. The first-order valence-corrected chi connectivity index (χ1v) is 13.8. The van der Waals surface area contributed by atoms with Crippen LogP contribution < -0.4 is 10.9 Å². The van der Waals surface area contributed by atoms with E-state index in [1.54, 1.807) is 0 Å². The van der Waals surface area contributed by atoms with Crippen molar-refractivity contribution in [3.05, 3.63) is 129 Å². The topological polar surface area (TPSA) is 102 Å². The molecule has 6 nitrogen and oxygen atoms in total. The second-order valence-electron chi connectivity index (χ2n) is 9.74. The number of aliphatic hydroxyl groups is 1. The molecule has 1 heterocycles. The van der Waals surface area contributed by atoms with Gasteiger partial charge in [-0.05, 0) is 71.6 Å². The SMILES string of the molecule is CNCC[C@@](O)(c1cccc2ccccc12)[C@H](c1ccccc1)c1cc2cc(Br)ccc2[nH]c1=O.O=C(O)C(F)(F)F. The molecule has 10 heteroatoms. The molecule has 0 aliphatic carbocycles. The van der Waals surface area contributed by atoms with Crippen LogP contribution in [0, 0.1) is 0 Å². The van der Waals surface area contributed by atoms with Crippen LogP contribution in [-0.4, -0.2) is 40.9 Å². The number of aromatic amines is 1. The summed E-state index contributed by atoms with van der Waals surface area (Å²) in [6, 6.07) is 31.6. The molecule has 4 N–H and O–H groups in total. The van der Waals surface area contributed by atoms with E-state index in [2.05, 4.69) is 38.4 Å². The summed E-state index contributed by atoms with van der Waals surface area (Å²) in [5, 5.41) is 26.0. The number of carboxylic acids is 1. The number of benzene rings is 4. The van der Waals surface area contributed by atoms with Crippen LogP contribution in [0.3, 0.4) is 0 Å². The summed E-state index contributed by atoms with van der Waals surface area (Å²) in [5.41, 5.74) is 1.45. The molecular weight excluding hydrogens is 613 g/mol. The van der Waals surface area contributed by atoms with Gasteiger partial charge < -0.3 is 20.5 Å². The van der Waals surface area contributed by atoms with Gasteiger partial charge in [0.2, 0.25) is 0 Å². The minimum absolute atomic E-state index is 0.197. The first-order chi connectivity index (χ1) is 20.0. The predicted octanol–water partition coefficient (Wildman–Crippen LogP) is 6.71. The zero-order chi connectivity index (χ0) is 30.5. The first-order valence-electron chi connectivity index (χ1n) is 13.0. The summed E-state index contributed by atoms with van der Waals surface area (Å²) in [4.78, 5) is 25.5. The number of rotatable bonds is 7. The summed E-state index contributed by atoms with van der Waals surface area (Å²) in [5.74, 6) is -3.34. The maximum atomic E-state index is 13.6. The number of aromatic nitrogens is 1. The van der Waals surface area contributed by atoms with E-state index in [9.17, 15) is 23.1 Å². The Balaban J connectivity index is 0.000000517. The number of nitrogens with one attached hydrogen (secondary N) is 2. The number of halogens is 4. The zero-order valence-corrected chi connectivity index (χ0v) is 24.0. The Kier molecular flexibility index (Phi) is 9.50. The van der Waals surface area contributed by atoms with Gasteiger partial charge in [0.25, 0.3) is 5.56 Å². The molecule has 0 unspecified atom stereocenters. The Bertz CT molecular complexity index is 1750. The highest BCUT2D eigenvalue weighted by Gasteiger charge is 2.42. The lowest BCUT2D eigenvalue weighted by Crippen LogP contribution is -2.39. The number of pyridine rings is 1. The molecule has 218 valence electrons. The van der Waals surface area contributed by atoms with Crippen LogP contribution in [0.2, 0.25) is 0 Å². The third-order valence-corrected chi connectivity index (χ3v) is 7.50. The third kappa shape index (κ3) is 6.73. The monoisotopic (exact) mass is 640 g/mol. The fourth-order valence-electron chi connectivity index (χ4n) is 5.12. The minimum Gasteiger partial charge on any atom is -0.475 e. The molecule has 0 fully saturated rings.